The third kappa shape index (κ3) is 5.32. The number of urea groups is 1. The van der Waals surface area contributed by atoms with Crippen LogP contribution in [-0.2, 0) is 0 Å². The first-order valence-electron chi connectivity index (χ1n) is 5.00. The van der Waals surface area contributed by atoms with Crippen molar-refractivity contribution in [3.05, 3.63) is 30.3 Å². The van der Waals surface area contributed by atoms with Crippen LogP contribution in [0.5, 0.6) is 0 Å². The Morgan fingerprint density at radius 3 is 2.73 bits per heavy atom. The minimum absolute atomic E-state index is 0.141. The maximum atomic E-state index is 11.3. The molecule has 1 aromatic rings. The second kappa shape index (κ2) is 7.17. The molecular weight excluding hydrogens is 208 g/mol. The van der Waals surface area contributed by atoms with E-state index < -0.39 is 0 Å². The molecule has 0 bridgehead atoms. The van der Waals surface area contributed by atoms with Crippen molar-refractivity contribution in [2.75, 3.05) is 23.4 Å². The molecule has 0 aliphatic heterocycles. The van der Waals surface area contributed by atoms with Gasteiger partial charge < -0.3 is 10.6 Å². The molecule has 15 heavy (non-hydrogen) atoms. The normalized spacial score (nSPS) is 9.67. The number of anilines is 1. The summed E-state index contributed by atoms with van der Waals surface area (Å²) in [5.41, 5.74) is 0.818. The highest BCUT2D eigenvalue weighted by molar-refractivity contribution is 7.99. The number of benzene rings is 1. The van der Waals surface area contributed by atoms with Crippen molar-refractivity contribution in [3.8, 4) is 0 Å². The van der Waals surface area contributed by atoms with Crippen molar-refractivity contribution < 1.29 is 4.79 Å². The van der Waals surface area contributed by atoms with Crippen LogP contribution in [0.25, 0.3) is 0 Å². The lowest BCUT2D eigenvalue weighted by Gasteiger charge is -2.06. The largest absolute Gasteiger partial charge is 0.337 e. The molecule has 0 spiro atoms. The Kier molecular flexibility index (Phi) is 5.70. The average molecular weight is 224 g/mol. The number of thioether (sulfide) groups is 1. The molecule has 4 heteroatoms. The first-order chi connectivity index (χ1) is 7.33. The van der Waals surface area contributed by atoms with E-state index in [2.05, 4.69) is 17.6 Å². The molecule has 2 amide bonds. The fraction of sp³-hybridized carbons (Fsp3) is 0.364. The van der Waals surface area contributed by atoms with Gasteiger partial charge in [0.15, 0.2) is 0 Å². The molecule has 0 unspecified atom stereocenters. The SMILES string of the molecule is CCSCCNC(=O)Nc1ccccc1. The number of hydrogen-bond acceptors (Lipinski definition) is 2. The lowest BCUT2D eigenvalue weighted by molar-refractivity contribution is 0.252. The van der Waals surface area contributed by atoms with Gasteiger partial charge in [-0.15, -0.1) is 0 Å². The Balaban J connectivity index is 2.19. The van der Waals surface area contributed by atoms with Crippen LogP contribution in [0, 0.1) is 0 Å². The zero-order chi connectivity index (χ0) is 10.9. The summed E-state index contributed by atoms with van der Waals surface area (Å²) in [4.78, 5) is 11.3. The quantitative estimate of drug-likeness (QED) is 0.755. The minimum Gasteiger partial charge on any atom is -0.337 e. The van der Waals surface area contributed by atoms with Gasteiger partial charge in [-0.2, -0.15) is 11.8 Å². The third-order valence-electron chi connectivity index (χ3n) is 1.77. The zero-order valence-electron chi connectivity index (χ0n) is 8.82. The monoisotopic (exact) mass is 224 g/mol. The first-order valence-corrected chi connectivity index (χ1v) is 6.16. The van der Waals surface area contributed by atoms with Crippen LogP contribution < -0.4 is 10.6 Å². The smallest absolute Gasteiger partial charge is 0.319 e. The van der Waals surface area contributed by atoms with Gasteiger partial charge in [0.25, 0.3) is 0 Å². The molecule has 1 aromatic carbocycles. The van der Waals surface area contributed by atoms with Crippen molar-refractivity contribution in [2.24, 2.45) is 0 Å². The molecule has 82 valence electrons. The van der Waals surface area contributed by atoms with Gasteiger partial charge in [0.2, 0.25) is 0 Å². The number of para-hydroxylation sites is 1. The van der Waals surface area contributed by atoms with E-state index in [1.807, 2.05) is 42.1 Å². The first kappa shape index (κ1) is 11.9. The second-order valence-electron chi connectivity index (χ2n) is 2.94. The van der Waals surface area contributed by atoms with Crippen molar-refractivity contribution >= 4 is 23.5 Å². The molecule has 3 nitrogen and oxygen atoms in total. The van der Waals surface area contributed by atoms with Crippen LogP contribution in [0.4, 0.5) is 10.5 Å². The summed E-state index contributed by atoms with van der Waals surface area (Å²) in [5.74, 6) is 2.04. The Hall–Kier alpha value is -1.16. The van der Waals surface area contributed by atoms with Gasteiger partial charge in [-0.3, -0.25) is 0 Å². The molecule has 0 heterocycles. The molecule has 0 aliphatic carbocycles. The number of carbonyl (C=O) groups is 1. The fourth-order valence-electron chi connectivity index (χ4n) is 1.08. The lowest BCUT2D eigenvalue weighted by atomic mass is 10.3. The number of rotatable bonds is 5. The van der Waals surface area contributed by atoms with E-state index in [9.17, 15) is 4.79 Å². The molecule has 0 aromatic heterocycles. The van der Waals surface area contributed by atoms with Gasteiger partial charge in [-0.25, -0.2) is 4.79 Å². The van der Waals surface area contributed by atoms with Crippen molar-refractivity contribution in [2.45, 2.75) is 6.92 Å². The summed E-state index contributed by atoms with van der Waals surface area (Å²) >= 11 is 1.81. The molecule has 2 N–H and O–H groups in total. The predicted octanol–water partition coefficient (Wildman–Crippen LogP) is 2.56. The van der Waals surface area contributed by atoms with E-state index in [4.69, 9.17) is 0 Å². The van der Waals surface area contributed by atoms with Crippen LogP contribution in [-0.4, -0.2) is 24.1 Å². The molecule has 0 atom stereocenters. The fourth-order valence-corrected chi connectivity index (χ4v) is 1.61. The highest BCUT2D eigenvalue weighted by Gasteiger charge is 1.98. The third-order valence-corrected chi connectivity index (χ3v) is 2.67. The van der Waals surface area contributed by atoms with Gasteiger partial charge in [0, 0.05) is 18.0 Å². The van der Waals surface area contributed by atoms with Crippen molar-refractivity contribution in [1.29, 1.82) is 0 Å². The summed E-state index contributed by atoms with van der Waals surface area (Å²) in [7, 11) is 0. The average Bonchev–Trinajstić information content (AvgIpc) is 2.26. The number of hydrogen-bond donors (Lipinski definition) is 2. The summed E-state index contributed by atoms with van der Waals surface area (Å²) in [5, 5.41) is 5.55. The maximum Gasteiger partial charge on any atom is 0.319 e. The summed E-state index contributed by atoms with van der Waals surface area (Å²) < 4.78 is 0. The summed E-state index contributed by atoms with van der Waals surface area (Å²) in [6.45, 7) is 2.81. The Morgan fingerprint density at radius 2 is 2.07 bits per heavy atom. The molecule has 0 fully saturated rings. The Labute approximate surface area is 94.6 Å². The van der Waals surface area contributed by atoms with Crippen LogP contribution in [0.15, 0.2) is 30.3 Å². The van der Waals surface area contributed by atoms with Crippen LogP contribution >= 0.6 is 11.8 Å². The predicted molar refractivity (Wildman–Crippen MR) is 66.5 cm³/mol. The number of carbonyl (C=O) groups excluding carboxylic acids is 1. The van der Waals surface area contributed by atoms with Crippen LogP contribution in [0.3, 0.4) is 0 Å². The van der Waals surface area contributed by atoms with E-state index in [1.54, 1.807) is 0 Å². The van der Waals surface area contributed by atoms with Gasteiger partial charge >= 0.3 is 6.03 Å². The van der Waals surface area contributed by atoms with Crippen molar-refractivity contribution in [1.82, 2.24) is 5.32 Å². The number of amides is 2. The van der Waals surface area contributed by atoms with Gasteiger partial charge in [0.1, 0.15) is 0 Å². The number of nitrogens with one attached hydrogen (secondary N) is 2. The van der Waals surface area contributed by atoms with Gasteiger partial charge in [0.05, 0.1) is 0 Å². The molecule has 0 aliphatic rings. The Bertz CT molecular complexity index is 290. The van der Waals surface area contributed by atoms with Gasteiger partial charge in [-0.1, -0.05) is 25.1 Å². The lowest BCUT2D eigenvalue weighted by Crippen LogP contribution is -2.30. The summed E-state index contributed by atoms with van der Waals surface area (Å²) in [6, 6.07) is 9.28. The van der Waals surface area contributed by atoms with E-state index in [0.717, 1.165) is 17.2 Å². The highest BCUT2D eigenvalue weighted by atomic mass is 32.2. The zero-order valence-corrected chi connectivity index (χ0v) is 9.64. The van der Waals surface area contributed by atoms with Crippen LogP contribution in [0.2, 0.25) is 0 Å². The minimum atomic E-state index is -0.141. The van der Waals surface area contributed by atoms with Crippen molar-refractivity contribution in [3.63, 3.8) is 0 Å². The molecule has 1 rings (SSSR count). The van der Waals surface area contributed by atoms with E-state index >= 15 is 0 Å². The topological polar surface area (TPSA) is 41.1 Å². The molecule has 0 saturated heterocycles. The van der Waals surface area contributed by atoms with Crippen LogP contribution in [0.1, 0.15) is 6.92 Å². The molecule has 0 saturated carbocycles. The van der Waals surface area contributed by atoms with Gasteiger partial charge in [-0.05, 0) is 17.9 Å². The highest BCUT2D eigenvalue weighted by Crippen LogP contribution is 2.04. The van der Waals surface area contributed by atoms with E-state index in [0.29, 0.717) is 6.54 Å². The standard InChI is InChI=1S/C11H16N2OS/c1-2-15-9-8-12-11(14)13-10-6-4-3-5-7-10/h3-7H,2,8-9H2,1H3,(H2,12,13,14). The summed E-state index contributed by atoms with van der Waals surface area (Å²) in [6.07, 6.45) is 0. The van der Waals surface area contributed by atoms with E-state index in [-0.39, 0.29) is 6.03 Å². The molecular formula is C11H16N2OS. The maximum absolute atomic E-state index is 11.3. The van der Waals surface area contributed by atoms with E-state index in [1.165, 1.54) is 0 Å². The molecule has 0 radical (unpaired) electrons. The second-order valence-corrected chi connectivity index (χ2v) is 4.34. The Morgan fingerprint density at radius 1 is 1.33 bits per heavy atom.